The van der Waals surface area contributed by atoms with Crippen LogP contribution in [0.15, 0.2) is 41.8 Å². The molecule has 1 heterocycles. The molecule has 1 aromatic carbocycles. The number of carbonyl (C=O) groups is 2. The summed E-state index contributed by atoms with van der Waals surface area (Å²) in [5.41, 5.74) is 0.599. The second kappa shape index (κ2) is 5.70. The Morgan fingerprint density at radius 1 is 1.30 bits per heavy atom. The van der Waals surface area contributed by atoms with Gasteiger partial charge >= 0.3 is 0 Å². The highest BCUT2D eigenvalue weighted by Gasteiger charge is 2.33. The van der Waals surface area contributed by atoms with Crippen LogP contribution in [-0.2, 0) is 4.79 Å². The average molecular weight is 290 g/mol. The third-order valence-corrected chi connectivity index (χ3v) is 3.49. The lowest BCUT2D eigenvalue weighted by molar-refractivity contribution is -0.384. The molecule has 0 atom stereocenters. The van der Waals surface area contributed by atoms with Crippen molar-refractivity contribution in [2.45, 2.75) is 0 Å². The summed E-state index contributed by atoms with van der Waals surface area (Å²) in [5.74, 6) is -0.377. The molecule has 0 saturated carbocycles. The molecule has 2 amide bonds. The molecule has 6 nitrogen and oxygen atoms in total. The van der Waals surface area contributed by atoms with E-state index in [0.717, 1.165) is 16.7 Å². The van der Waals surface area contributed by atoms with Crippen molar-refractivity contribution in [3.05, 3.63) is 57.5 Å². The predicted molar refractivity (Wildman–Crippen MR) is 76.0 cm³/mol. The average Bonchev–Trinajstić information content (AvgIpc) is 2.67. The molecule has 0 unspecified atom stereocenters. The summed E-state index contributed by atoms with van der Waals surface area (Å²) >= 11 is 0.844. The van der Waals surface area contributed by atoms with E-state index in [1.807, 2.05) is 0 Å². The fourth-order valence-corrected chi connectivity index (χ4v) is 2.48. The number of non-ortho nitro benzene ring substituents is 1. The van der Waals surface area contributed by atoms with Gasteiger partial charge in [-0.3, -0.25) is 24.6 Å². The molecule has 0 aliphatic carbocycles. The van der Waals surface area contributed by atoms with Crippen LogP contribution in [0.1, 0.15) is 5.56 Å². The SMILES string of the molecule is C=CCN1C(=O)S/C(=C/c2ccc([N+](=O)[O-])cc2)C1=O. The Bertz CT molecular complexity index is 622. The first-order chi connectivity index (χ1) is 9.52. The van der Waals surface area contributed by atoms with Crippen LogP contribution in [0.25, 0.3) is 6.08 Å². The molecule has 20 heavy (non-hydrogen) atoms. The Morgan fingerprint density at radius 3 is 2.50 bits per heavy atom. The molecule has 1 aliphatic rings. The molecule has 0 spiro atoms. The number of hydrogen-bond donors (Lipinski definition) is 0. The molecule has 1 fully saturated rings. The van der Waals surface area contributed by atoms with Gasteiger partial charge in [-0.1, -0.05) is 6.08 Å². The van der Waals surface area contributed by atoms with E-state index in [4.69, 9.17) is 0 Å². The number of imide groups is 1. The lowest BCUT2D eigenvalue weighted by Gasteiger charge is -2.07. The van der Waals surface area contributed by atoms with Crippen LogP contribution in [0.2, 0.25) is 0 Å². The highest BCUT2D eigenvalue weighted by Crippen LogP contribution is 2.32. The molecule has 102 valence electrons. The van der Waals surface area contributed by atoms with Crippen LogP contribution in [-0.4, -0.2) is 27.5 Å². The van der Waals surface area contributed by atoms with Gasteiger partial charge in [0.25, 0.3) is 16.8 Å². The van der Waals surface area contributed by atoms with Gasteiger partial charge in [-0.2, -0.15) is 0 Å². The van der Waals surface area contributed by atoms with Crippen LogP contribution in [0, 0.1) is 10.1 Å². The molecule has 1 aliphatic heterocycles. The Balaban J connectivity index is 2.23. The molecule has 2 rings (SSSR count). The number of benzene rings is 1. The van der Waals surface area contributed by atoms with E-state index in [1.54, 1.807) is 0 Å². The Hall–Kier alpha value is -2.41. The predicted octanol–water partition coefficient (Wildman–Crippen LogP) is 2.82. The quantitative estimate of drug-likeness (QED) is 0.368. The number of nitrogens with zero attached hydrogens (tertiary/aromatic N) is 2. The summed E-state index contributed by atoms with van der Waals surface area (Å²) in [4.78, 5) is 35.0. The molecule has 0 radical (unpaired) electrons. The molecule has 0 aromatic heterocycles. The monoisotopic (exact) mass is 290 g/mol. The van der Waals surface area contributed by atoms with Gasteiger partial charge in [0.15, 0.2) is 0 Å². The fraction of sp³-hybridized carbons (Fsp3) is 0.0769. The van der Waals surface area contributed by atoms with Crippen molar-refractivity contribution in [1.82, 2.24) is 4.90 Å². The standard InChI is InChI=1S/C13H10N2O4S/c1-2-7-14-12(16)11(20-13(14)17)8-9-3-5-10(6-4-9)15(18)19/h2-6,8H,1,7H2/b11-8+. The number of nitro benzene ring substituents is 1. The Kier molecular flexibility index (Phi) is 3.99. The zero-order valence-corrected chi connectivity index (χ0v) is 11.1. The number of thioether (sulfide) groups is 1. The number of amides is 2. The third-order valence-electron chi connectivity index (χ3n) is 2.59. The summed E-state index contributed by atoms with van der Waals surface area (Å²) in [7, 11) is 0. The van der Waals surface area contributed by atoms with E-state index >= 15 is 0 Å². The van der Waals surface area contributed by atoms with Crippen molar-refractivity contribution in [3.8, 4) is 0 Å². The number of rotatable bonds is 4. The molecule has 0 bridgehead atoms. The summed E-state index contributed by atoms with van der Waals surface area (Å²) in [5, 5.41) is 10.2. The van der Waals surface area contributed by atoms with E-state index in [1.165, 1.54) is 36.4 Å². The van der Waals surface area contributed by atoms with Crippen LogP contribution in [0.3, 0.4) is 0 Å². The van der Waals surface area contributed by atoms with E-state index in [-0.39, 0.29) is 23.4 Å². The van der Waals surface area contributed by atoms with E-state index in [2.05, 4.69) is 6.58 Å². The minimum Gasteiger partial charge on any atom is -0.268 e. The lowest BCUT2D eigenvalue weighted by Crippen LogP contribution is -2.27. The Labute approximate surface area is 118 Å². The molecule has 0 N–H and O–H groups in total. The van der Waals surface area contributed by atoms with Crippen molar-refractivity contribution in [2.24, 2.45) is 0 Å². The first-order valence-electron chi connectivity index (χ1n) is 5.63. The largest absolute Gasteiger partial charge is 0.293 e. The van der Waals surface area contributed by atoms with E-state index < -0.39 is 4.92 Å². The first kappa shape index (κ1) is 14.0. The molecule has 7 heteroatoms. The molecule has 1 saturated heterocycles. The van der Waals surface area contributed by atoms with Gasteiger partial charge in [-0.25, -0.2) is 0 Å². The summed E-state index contributed by atoms with van der Waals surface area (Å²) < 4.78 is 0. The van der Waals surface area contributed by atoms with Crippen molar-refractivity contribution in [2.75, 3.05) is 6.54 Å². The summed E-state index contributed by atoms with van der Waals surface area (Å²) in [6.07, 6.45) is 3.02. The highest BCUT2D eigenvalue weighted by atomic mass is 32.2. The van der Waals surface area contributed by atoms with Gasteiger partial charge in [0.1, 0.15) is 0 Å². The zero-order chi connectivity index (χ0) is 14.7. The minimum atomic E-state index is -0.498. The Morgan fingerprint density at radius 2 is 1.95 bits per heavy atom. The minimum absolute atomic E-state index is 0.0260. The van der Waals surface area contributed by atoms with Gasteiger partial charge in [0, 0.05) is 18.7 Å². The topological polar surface area (TPSA) is 80.5 Å². The van der Waals surface area contributed by atoms with E-state index in [9.17, 15) is 19.7 Å². The van der Waals surface area contributed by atoms with Gasteiger partial charge in [-0.05, 0) is 35.5 Å². The molecular formula is C13H10N2O4S. The fourth-order valence-electron chi connectivity index (χ4n) is 1.63. The van der Waals surface area contributed by atoms with Gasteiger partial charge in [-0.15, -0.1) is 6.58 Å². The summed E-state index contributed by atoms with van der Waals surface area (Å²) in [6, 6.07) is 5.75. The van der Waals surface area contributed by atoms with Crippen molar-refractivity contribution in [1.29, 1.82) is 0 Å². The van der Waals surface area contributed by atoms with Crippen LogP contribution >= 0.6 is 11.8 Å². The second-order valence-corrected chi connectivity index (χ2v) is 4.92. The van der Waals surface area contributed by atoms with Gasteiger partial charge < -0.3 is 0 Å². The second-order valence-electron chi connectivity index (χ2n) is 3.93. The van der Waals surface area contributed by atoms with Crippen LogP contribution < -0.4 is 0 Å². The van der Waals surface area contributed by atoms with E-state index in [0.29, 0.717) is 10.5 Å². The van der Waals surface area contributed by atoms with Gasteiger partial charge in [0.05, 0.1) is 9.83 Å². The number of nitro groups is 1. The van der Waals surface area contributed by atoms with Gasteiger partial charge in [0.2, 0.25) is 0 Å². The van der Waals surface area contributed by atoms with Crippen molar-refractivity contribution >= 4 is 34.7 Å². The van der Waals surface area contributed by atoms with Crippen molar-refractivity contribution < 1.29 is 14.5 Å². The molecule has 1 aromatic rings. The van der Waals surface area contributed by atoms with Crippen LogP contribution in [0.5, 0.6) is 0 Å². The normalized spacial score (nSPS) is 16.8. The van der Waals surface area contributed by atoms with Crippen molar-refractivity contribution in [3.63, 3.8) is 0 Å². The molecular weight excluding hydrogens is 280 g/mol. The maximum atomic E-state index is 11.9. The summed E-state index contributed by atoms with van der Waals surface area (Å²) in [6.45, 7) is 3.66. The maximum absolute atomic E-state index is 11.9. The smallest absolute Gasteiger partial charge is 0.268 e. The first-order valence-corrected chi connectivity index (χ1v) is 6.45. The third kappa shape index (κ3) is 2.77. The number of carbonyl (C=O) groups excluding carboxylic acids is 2. The van der Waals surface area contributed by atoms with Crippen LogP contribution in [0.4, 0.5) is 10.5 Å². The maximum Gasteiger partial charge on any atom is 0.293 e. The highest BCUT2D eigenvalue weighted by molar-refractivity contribution is 8.18. The number of hydrogen-bond acceptors (Lipinski definition) is 5. The zero-order valence-electron chi connectivity index (χ0n) is 10.3. The lowest BCUT2D eigenvalue weighted by atomic mass is 10.2.